The molecule has 2 heterocycles. The summed E-state index contributed by atoms with van der Waals surface area (Å²) in [5, 5.41) is 7.27. The van der Waals surface area contributed by atoms with Gasteiger partial charge in [-0.15, -0.1) is 0 Å². The molecule has 0 unspecified atom stereocenters. The van der Waals surface area contributed by atoms with Gasteiger partial charge in [-0.25, -0.2) is 0 Å². The van der Waals surface area contributed by atoms with E-state index in [0.717, 1.165) is 22.6 Å². The van der Waals surface area contributed by atoms with Crippen molar-refractivity contribution in [3.8, 4) is 11.4 Å². The molecule has 1 N–H and O–H groups in total. The third kappa shape index (κ3) is 3.25. The van der Waals surface area contributed by atoms with Gasteiger partial charge in [0.15, 0.2) is 0 Å². The van der Waals surface area contributed by atoms with E-state index in [1.54, 1.807) is 0 Å². The summed E-state index contributed by atoms with van der Waals surface area (Å²) in [6.07, 6.45) is 0. The summed E-state index contributed by atoms with van der Waals surface area (Å²) in [5.74, 6) is 1.15. The zero-order valence-electron chi connectivity index (χ0n) is 12.0. The van der Waals surface area contributed by atoms with Crippen molar-refractivity contribution in [3.63, 3.8) is 0 Å². The van der Waals surface area contributed by atoms with Gasteiger partial charge >= 0.3 is 0 Å². The SMILES string of the molecule is Cc1cc(-c2noc(CNc3ccccc3)n2)cc(C)n1. The van der Waals surface area contributed by atoms with Crippen LogP contribution in [0.2, 0.25) is 0 Å². The van der Waals surface area contributed by atoms with Crippen LogP contribution in [0.25, 0.3) is 11.4 Å². The highest BCUT2D eigenvalue weighted by Crippen LogP contribution is 2.18. The monoisotopic (exact) mass is 280 g/mol. The number of hydrogen-bond acceptors (Lipinski definition) is 5. The molecule has 21 heavy (non-hydrogen) atoms. The van der Waals surface area contributed by atoms with Gasteiger partial charge < -0.3 is 9.84 Å². The van der Waals surface area contributed by atoms with Gasteiger partial charge in [-0.2, -0.15) is 4.98 Å². The minimum atomic E-state index is 0.500. The van der Waals surface area contributed by atoms with E-state index < -0.39 is 0 Å². The lowest BCUT2D eigenvalue weighted by Gasteiger charge is -2.01. The number of aromatic nitrogens is 3. The molecular formula is C16H16N4O. The second-order valence-electron chi connectivity index (χ2n) is 4.87. The molecule has 5 heteroatoms. The fraction of sp³-hybridized carbons (Fsp3) is 0.188. The van der Waals surface area contributed by atoms with Crippen molar-refractivity contribution in [2.75, 3.05) is 5.32 Å². The lowest BCUT2D eigenvalue weighted by Crippen LogP contribution is -1.99. The Bertz CT molecular complexity index is 717. The van der Waals surface area contributed by atoms with E-state index in [-0.39, 0.29) is 0 Å². The number of anilines is 1. The summed E-state index contributed by atoms with van der Waals surface area (Å²) in [7, 11) is 0. The average molecular weight is 280 g/mol. The number of aryl methyl sites for hydroxylation is 2. The van der Waals surface area contributed by atoms with Crippen molar-refractivity contribution < 1.29 is 4.52 Å². The van der Waals surface area contributed by atoms with Crippen molar-refractivity contribution in [1.29, 1.82) is 0 Å². The lowest BCUT2D eigenvalue weighted by molar-refractivity contribution is 0.384. The molecule has 0 aliphatic rings. The van der Waals surface area contributed by atoms with Gasteiger partial charge in [0.2, 0.25) is 11.7 Å². The molecule has 0 bridgehead atoms. The number of benzene rings is 1. The Morgan fingerprint density at radius 3 is 2.43 bits per heavy atom. The Morgan fingerprint density at radius 2 is 1.71 bits per heavy atom. The van der Waals surface area contributed by atoms with Crippen LogP contribution in [0, 0.1) is 13.8 Å². The fourth-order valence-electron chi connectivity index (χ4n) is 2.14. The molecule has 0 radical (unpaired) electrons. The maximum Gasteiger partial charge on any atom is 0.246 e. The quantitative estimate of drug-likeness (QED) is 0.794. The molecule has 0 fully saturated rings. The van der Waals surface area contributed by atoms with Gasteiger partial charge in [-0.3, -0.25) is 4.98 Å². The summed E-state index contributed by atoms with van der Waals surface area (Å²) in [6.45, 7) is 4.41. The number of nitrogens with one attached hydrogen (secondary N) is 1. The van der Waals surface area contributed by atoms with Crippen molar-refractivity contribution in [1.82, 2.24) is 15.1 Å². The van der Waals surface area contributed by atoms with Crippen LogP contribution in [0.3, 0.4) is 0 Å². The molecular weight excluding hydrogens is 264 g/mol. The molecule has 3 aromatic rings. The second-order valence-corrected chi connectivity index (χ2v) is 4.87. The molecule has 0 saturated carbocycles. The van der Waals surface area contributed by atoms with Gasteiger partial charge in [0.1, 0.15) is 0 Å². The van der Waals surface area contributed by atoms with Crippen molar-refractivity contribution in [2.45, 2.75) is 20.4 Å². The van der Waals surface area contributed by atoms with Gasteiger partial charge in [0, 0.05) is 22.6 Å². The summed E-state index contributed by atoms with van der Waals surface area (Å²) in [5.41, 5.74) is 3.83. The minimum absolute atomic E-state index is 0.500. The topological polar surface area (TPSA) is 63.8 Å². The van der Waals surface area contributed by atoms with Crippen LogP contribution >= 0.6 is 0 Å². The molecule has 0 aliphatic heterocycles. The number of rotatable bonds is 4. The van der Waals surface area contributed by atoms with Gasteiger partial charge in [0.05, 0.1) is 6.54 Å². The van der Waals surface area contributed by atoms with Crippen molar-refractivity contribution in [3.05, 3.63) is 59.7 Å². The largest absolute Gasteiger partial charge is 0.376 e. The number of nitrogens with zero attached hydrogens (tertiary/aromatic N) is 3. The maximum absolute atomic E-state index is 5.28. The van der Waals surface area contributed by atoms with Gasteiger partial charge in [-0.05, 0) is 38.1 Å². The molecule has 3 rings (SSSR count). The van der Waals surface area contributed by atoms with Crippen LogP contribution in [0.1, 0.15) is 17.3 Å². The molecule has 2 aromatic heterocycles. The Labute approximate surface area is 123 Å². The Balaban J connectivity index is 1.74. The Hall–Kier alpha value is -2.69. The van der Waals surface area contributed by atoms with E-state index in [1.165, 1.54) is 0 Å². The molecule has 0 saturated heterocycles. The molecule has 0 amide bonds. The van der Waals surface area contributed by atoms with Crippen LogP contribution in [-0.4, -0.2) is 15.1 Å². The van der Waals surface area contributed by atoms with E-state index in [4.69, 9.17) is 4.52 Å². The molecule has 0 atom stereocenters. The third-order valence-electron chi connectivity index (χ3n) is 3.03. The Kier molecular flexibility index (Phi) is 3.64. The first-order valence-electron chi connectivity index (χ1n) is 6.78. The first kappa shape index (κ1) is 13.3. The van der Waals surface area contributed by atoms with E-state index in [0.29, 0.717) is 18.3 Å². The molecule has 5 nitrogen and oxygen atoms in total. The lowest BCUT2D eigenvalue weighted by atomic mass is 10.2. The van der Waals surface area contributed by atoms with Crippen LogP contribution < -0.4 is 5.32 Å². The second kappa shape index (κ2) is 5.75. The summed E-state index contributed by atoms with van der Waals surface area (Å²) in [6, 6.07) is 13.8. The van der Waals surface area contributed by atoms with E-state index in [9.17, 15) is 0 Å². The number of para-hydroxylation sites is 1. The number of pyridine rings is 1. The molecule has 106 valence electrons. The Morgan fingerprint density at radius 1 is 1.00 bits per heavy atom. The van der Waals surface area contributed by atoms with Gasteiger partial charge in [0.25, 0.3) is 0 Å². The van der Waals surface area contributed by atoms with Crippen LogP contribution in [0.4, 0.5) is 5.69 Å². The summed E-state index contributed by atoms with van der Waals surface area (Å²) in [4.78, 5) is 8.75. The highest BCUT2D eigenvalue weighted by molar-refractivity contribution is 5.55. The van der Waals surface area contributed by atoms with Crippen LogP contribution in [-0.2, 0) is 6.54 Å². The van der Waals surface area contributed by atoms with E-state index in [2.05, 4.69) is 20.4 Å². The predicted octanol–water partition coefficient (Wildman–Crippen LogP) is 3.36. The maximum atomic E-state index is 5.28. The number of hydrogen-bond donors (Lipinski definition) is 1. The molecule has 0 aliphatic carbocycles. The third-order valence-corrected chi connectivity index (χ3v) is 3.03. The van der Waals surface area contributed by atoms with Gasteiger partial charge in [-0.1, -0.05) is 23.4 Å². The zero-order chi connectivity index (χ0) is 14.7. The standard InChI is InChI=1S/C16H16N4O/c1-11-8-13(9-12(2)18-11)16-19-15(21-20-16)10-17-14-6-4-3-5-7-14/h3-9,17H,10H2,1-2H3. The van der Waals surface area contributed by atoms with Crippen molar-refractivity contribution >= 4 is 5.69 Å². The summed E-state index contributed by atoms with van der Waals surface area (Å²) < 4.78 is 5.28. The smallest absolute Gasteiger partial charge is 0.246 e. The highest BCUT2D eigenvalue weighted by atomic mass is 16.5. The predicted molar refractivity (Wildman–Crippen MR) is 80.8 cm³/mol. The average Bonchev–Trinajstić information content (AvgIpc) is 2.94. The molecule has 0 spiro atoms. The summed E-state index contributed by atoms with van der Waals surface area (Å²) >= 11 is 0. The highest BCUT2D eigenvalue weighted by Gasteiger charge is 2.09. The fourth-order valence-corrected chi connectivity index (χ4v) is 2.14. The first-order chi connectivity index (χ1) is 10.2. The van der Waals surface area contributed by atoms with Crippen LogP contribution in [0.15, 0.2) is 47.0 Å². The molecule has 1 aromatic carbocycles. The van der Waals surface area contributed by atoms with Crippen LogP contribution in [0.5, 0.6) is 0 Å². The van der Waals surface area contributed by atoms with E-state index in [1.807, 2.05) is 56.3 Å². The zero-order valence-corrected chi connectivity index (χ0v) is 12.0. The van der Waals surface area contributed by atoms with Crippen molar-refractivity contribution in [2.24, 2.45) is 0 Å². The minimum Gasteiger partial charge on any atom is -0.376 e. The first-order valence-corrected chi connectivity index (χ1v) is 6.78. The normalized spacial score (nSPS) is 10.6. The van der Waals surface area contributed by atoms with E-state index >= 15 is 0 Å².